The van der Waals surface area contributed by atoms with Gasteiger partial charge in [0.25, 0.3) is 5.91 Å². The van der Waals surface area contributed by atoms with Crippen molar-refractivity contribution in [3.05, 3.63) is 29.8 Å². The fourth-order valence-electron chi connectivity index (χ4n) is 1.43. The van der Waals surface area contributed by atoms with Crippen molar-refractivity contribution in [2.75, 3.05) is 18.2 Å². The molecule has 0 aliphatic heterocycles. The van der Waals surface area contributed by atoms with Crippen molar-refractivity contribution in [2.45, 2.75) is 11.3 Å². The lowest BCUT2D eigenvalue weighted by molar-refractivity contribution is -0.118. The van der Waals surface area contributed by atoms with Gasteiger partial charge in [-0.05, 0) is 18.6 Å². The van der Waals surface area contributed by atoms with Crippen LogP contribution < -0.4 is 10.1 Å². The summed E-state index contributed by atoms with van der Waals surface area (Å²) in [7, 11) is -3.42. The van der Waals surface area contributed by atoms with Crippen molar-refractivity contribution in [1.82, 2.24) is 10.2 Å². The van der Waals surface area contributed by atoms with E-state index in [9.17, 15) is 13.2 Å². The van der Waals surface area contributed by atoms with Crippen molar-refractivity contribution in [3.8, 4) is 5.75 Å². The van der Waals surface area contributed by atoms with E-state index in [0.717, 1.165) is 23.2 Å². The average molecular weight is 327 g/mol. The summed E-state index contributed by atoms with van der Waals surface area (Å²) in [4.78, 5) is 11.7. The van der Waals surface area contributed by atoms with Crippen LogP contribution in [0.1, 0.15) is 5.56 Å². The molecule has 2 aromatic rings. The van der Waals surface area contributed by atoms with Crippen LogP contribution in [0, 0.1) is 6.92 Å². The molecule has 0 bridgehead atoms. The first-order valence-corrected chi connectivity index (χ1v) is 8.59. The number of para-hydroxylation sites is 1. The number of nitrogens with zero attached hydrogens (tertiary/aromatic N) is 2. The van der Waals surface area contributed by atoms with E-state index < -0.39 is 15.7 Å². The van der Waals surface area contributed by atoms with Gasteiger partial charge in [-0.25, -0.2) is 8.42 Å². The van der Waals surface area contributed by atoms with Crippen LogP contribution in [0.5, 0.6) is 5.75 Å². The SMILES string of the molecule is Cc1ccccc1OCC(=O)Nc1nnc(S(C)(=O)=O)s1. The summed E-state index contributed by atoms with van der Waals surface area (Å²) in [5.74, 6) is 0.177. The van der Waals surface area contributed by atoms with Gasteiger partial charge >= 0.3 is 0 Å². The smallest absolute Gasteiger partial charge is 0.264 e. The second-order valence-electron chi connectivity index (χ2n) is 4.25. The van der Waals surface area contributed by atoms with Gasteiger partial charge in [-0.15, -0.1) is 10.2 Å². The Kier molecular flexibility index (Phi) is 4.53. The van der Waals surface area contributed by atoms with Gasteiger partial charge in [0.05, 0.1) is 0 Å². The fraction of sp³-hybridized carbons (Fsp3) is 0.250. The highest BCUT2D eigenvalue weighted by Crippen LogP contribution is 2.20. The number of rotatable bonds is 5. The summed E-state index contributed by atoms with van der Waals surface area (Å²) < 4.78 is 27.7. The number of nitrogens with one attached hydrogen (secondary N) is 1. The maximum atomic E-state index is 11.7. The number of benzene rings is 1. The number of hydrogen-bond acceptors (Lipinski definition) is 7. The lowest BCUT2D eigenvalue weighted by Crippen LogP contribution is -2.20. The molecule has 0 fully saturated rings. The highest BCUT2D eigenvalue weighted by atomic mass is 32.2. The molecule has 21 heavy (non-hydrogen) atoms. The Morgan fingerprint density at radius 1 is 1.33 bits per heavy atom. The van der Waals surface area contributed by atoms with Gasteiger partial charge in [-0.3, -0.25) is 10.1 Å². The average Bonchev–Trinajstić information content (AvgIpc) is 2.86. The molecule has 0 aliphatic rings. The van der Waals surface area contributed by atoms with E-state index in [0.29, 0.717) is 5.75 Å². The van der Waals surface area contributed by atoms with Crippen molar-refractivity contribution in [3.63, 3.8) is 0 Å². The Morgan fingerprint density at radius 2 is 2.05 bits per heavy atom. The molecule has 1 aromatic carbocycles. The van der Waals surface area contributed by atoms with Crippen LogP contribution in [0.25, 0.3) is 0 Å². The van der Waals surface area contributed by atoms with E-state index in [1.807, 2.05) is 25.1 Å². The molecule has 2 rings (SSSR count). The second-order valence-corrected chi connectivity index (χ2v) is 7.41. The van der Waals surface area contributed by atoms with E-state index in [-0.39, 0.29) is 16.1 Å². The third kappa shape index (κ3) is 4.23. The number of hydrogen-bond donors (Lipinski definition) is 1. The highest BCUT2D eigenvalue weighted by Gasteiger charge is 2.15. The standard InChI is InChI=1S/C12H13N3O4S2/c1-8-5-3-4-6-9(8)19-7-10(16)13-11-14-15-12(20-11)21(2,17)18/h3-6H,7H2,1-2H3,(H,13,14,16). The molecule has 0 spiro atoms. The molecule has 1 heterocycles. The third-order valence-electron chi connectivity index (χ3n) is 2.42. The van der Waals surface area contributed by atoms with Crippen LogP contribution in [0.15, 0.2) is 28.6 Å². The lowest BCUT2D eigenvalue weighted by atomic mass is 10.2. The van der Waals surface area contributed by atoms with Crippen molar-refractivity contribution in [1.29, 1.82) is 0 Å². The Labute approximate surface area is 125 Å². The Morgan fingerprint density at radius 3 is 2.67 bits per heavy atom. The summed E-state index contributed by atoms with van der Waals surface area (Å²) in [5.41, 5.74) is 0.917. The van der Waals surface area contributed by atoms with Gasteiger partial charge < -0.3 is 4.74 Å². The van der Waals surface area contributed by atoms with Gasteiger partial charge in [-0.2, -0.15) is 0 Å². The number of carbonyl (C=O) groups is 1. The first-order valence-electron chi connectivity index (χ1n) is 5.88. The normalized spacial score (nSPS) is 11.1. The van der Waals surface area contributed by atoms with E-state index in [4.69, 9.17) is 4.74 Å². The first-order chi connectivity index (χ1) is 9.86. The number of aromatic nitrogens is 2. The van der Waals surface area contributed by atoms with Crippen LogP contribution in [-0.4, -0.2) is 37.4 Å². The molecular weight excluding hydrogens is 314 g/mol. The molecule has 0 radical (unpaired) electrons. The minimum absolute atomic E-state index is 0.119. The number of anilines is 1. The minimum Gasteiger partial charge on any atom is -0.483 e. The minimum atomic E-state index is -3.42. The molecular formula is C12H13N3O4S2. The number of carbonyl (C=O) groups excluding carboxylic acids is 1. The quantitative estimate of drug-likeness (QED) is 0.830. The molecule has 112 valence electrons. The molecule has 0 saturated carbocycles. The second kappa shape index (κ2) is 6.19. The van der Waals surface area contributed by atoms with Crippen LogP contribution in [0.4, 0.5) is 5.13 Å². The predicted octanol–water partition coefficient (Wildman–Crippen LogP) is 1.27. The van der Waals surface area contributed by atoms with Crippen LogP contribution in [0.3, 0.4) is 0 Å². The summed E-state index contributed by atoms with van der Waals surface area (Å²) in [6, 6.07) is 7.31. The maximum Gasteiger partial charge on any atom is 0.264 e. The molecule has 1 amide bonds. The molecule has 1 N–H and O–H groups in total. The molecule has 0 atom stereocenters. The van der Waals surface area contributed by atoms with Gasteiger partial charge in [0.15, 0.2) is 6.61 Å². The number of ether oxygens (including phenoxy) is 1. The highest BCUT2D eigenvalue weighted by molar-refractivity contribution is 7.92. The molecule has 0 unspecified atom stereocenters. The zero-order valence-electron chi connectivity index (χ0n) is 11.4. The topological polar surface area (TPSA) is 98.2 Å². The number of aryl methyl sites for hydroxylation is 1. The zero-order valence-corrected chi connectivity index (χ0v) is 13.0. The van der Waals surface area contributed by atoms with Crippen LogP contribution in [0.2, 0.25) is 0 Å². The maximum absolute atomic E-state index is 11.7. The molecule has 0 aliphatic carbocycles. The van der Waals surface area contributed by atoms with E-state index in [1.54, 1.807) is 6.07 Å². The molecule has 1 aromatic heterocycles. The Hall–Kier alpha value is -2.00. The largest absolute Gasteiger partial charge is 0.483 e. The summed E-state index contributed by atoms with van der Waals surface area (Å²) in [5, 5.41) is 9.65. The van der Waals surface area contributed by atoms with Gasteiger partial charge in [0.2, 0.25) is 19.3 Å². The van der Waals surface area contributed by atoms with Crippen molar-refractivity contribution >= 4 is 32.2 Å². The molecule has 0 saturated heterocycles. The number of sulfone groups is 1. The fourth-order valence-corrected chi connectivity index (χ4v) is 2.95. The van der Waals surface area contributed by atoms with E-state index in [2.05, 4.69) is 15.5 Å². The monoisotopic (exact) mass is 327 g/mol. The summed E-state index contributed by atoms with van der Waals surface area (Å²) >= 11 is 0.795. The molecule has 7 nitrogen and oxygen atoms in total. The van der Waals surface area contributed by atoms with Crippen molar-refractivity contribution in [2.24, 2.45) is 0 Å². The van der Waals surface area contributed by atoms with Crippen LogP contribution in [-0.2, 0) is 14.6 Å². The van der Waals surface area contributed by atoms with E-state index >= 15 is 0 Å². The summed E-state index contributed by atoms with van der Waals surface area (Å²) in [6.45, 7) is 1.68. The summed E-state index contributed by atoms with van der Waals surface area (Å²) in [6.07, 6.45) is 1.03. The predicted molar refractivity (Wildman–Crippen MR) is 78.3 cm³/mol. The van der Waals surface area contributed by atoms with E-state index in [1.165, 1.54) is 0 Å². The van der Waals surface area contributed by atoms with Gasteiger partial charge in [-0.1, -0.05) is 29.5 Å². The third-order valence-corrected chi connectivity index (χ3v) is 4.93. The number of amides is 1. The first kappa shape index (κ1) is 15.4. The Bertz CT molecular complexity index is 755. The van der Waals surface area contributed by atoms with Gasteiger partial charge in [0.1, 0.15) is 5.75 Å². The van der Waals surface area contributed by atoms with Crippen molar-refractivity contribution < 1.29 is 17.9 Å². The lowest BCUT2D eigenvalue weighted by Gasteiger charge is -2.07. The molecule has 9 heteroatoms. The van der Waals surface area contributed by atoms with Gasteiger partial charge in [0, 0.05) is 6.26 Å². The zero-order chi connectivity index (χ0) is 15.5. The Balaban J connectivity index is 1.93. The van der Waals surface area contributed by atoms with Crippen LogP contribution >= 0.6 is 11.3 Å².